The molecule has 142 valence electrons. The molecule has 0 saturated carbocycles. The number of halogens is 2. The third-order valence-electron chi connectivity index (χ3n) is 4.39. The van der Waals surface area contributed by atoms with Gasteiger partial charge in [0.05, 0.1) is 23.0 Å². The van der Waals surface area contributed by atoms with Gasteiger partial charge in [0, 0.05) is 21.5 Å². The van der Waals surface area contributed by atoms with Crippen LogP contribution in [0, 0.1) is 5.82 Å². The van der Waals surface area contributed by atoms with Crippen molar-refractivity contribution in [2.75, 3.05) is 0 Å². The predicted octanol–water partition coefficient (Wildman–Crippen LogP) is 5.46. The Hall–Kier alpha value is -3.57. The lowest BCUT2D eigenvalue weighted by Gasteiger charge is -2.10. The van der Waals surface area contributed by atoms with Crippen molar-refractivity contribution in [1.82, 2.24) is 10.4 Å². The molecule has 0 bridgehead atoms. The molecule has 0 aliphatic heterocycles. The summed E-state index contributed by atoms with van der Waals surface area (Å²) in [5.41, 5.74) is 5.11. The van der Waals surface area contributed by atoms with Gasteiger partial charge in [-0.15, -0.1) is 0 Å². The first-order valence-corrected chi connectivity index (χ1v) is 9.24. The van der Waals surface area contributed by atoms with Crippen molar-refractivity contribution >= 4 is 34.6 Å². The number of benzene rings is 3. The van der Waals surface area contributed by atoms with Gasteiger partial charge in [-0.05, 0) is 24.3 Å². The molecule has 4 rings (SSSR count). The SMILES string of the molecule is O=C(N/N=C/c1ccccc1F)c1cc(-c2ccccc2Cl)nc2ccccc12. The van der Waals surface area contributed by atoms with E-state index in [-0.39, 0.29) is 5.56 Å². The molecule has 0 saturated heterocycles. The summed E-state index contributed by atoms with van der Waals surface area (Å²) in [6.07, 6.45) is 1.27. The molecule has 1 heterocycles. The Labute approximate surface area is 171 Å². The van der Waals surface area contributed by atoms with E-state index in [0.717, 1.165) is 5.56 Å². The number of aromatic nitrogens is 1. The molecule has 1 amide bonds. The summed E-state index contributed by atoms with van der Waals surface area (Å²) < 4.78 is 13.7. The molecular formula is C23H15ClFN3O. The van der Waals surface area contributed by atoms with Crippen molar-refractivity contribution in [3.8, 4) is 11.3 Å². The lowest BCUT2D eigenvalue weighted by molar-refractivity contribution is 0.0956. The van der Waals surface area contributed by atoms with E-state index < -0.39 is 11.7 Å². The molecule has 0 unspecified atom stereocenters. The summed E-state index contributed by atoms with van der Waals surface area (Å²) in [7, 11) is 0. The van der Waals surface area contributed by atoms with Crippen molar-refractivity contribution in [3.63, 3.8) is 0 Å². The second-order valence-electron chi connectivity index (χ2n) is 6.27. The van der Waals surface area contributed by atoms with Crippen molar-refractivity contribution < 1.29 is 9.18 Å². The van der Waals surface area contributed by atoms with Crippen LogP contribution in [0.5, 0.6) is 0 Å². The van der Waals surface area contributed by atoms with Gasteiger partial charge in [-0.2, -0.15) is 5.10 Å². The Morgan fingerprint density at radius 3 is 2.55 bits per heavy atom. The van der Waals surface area contributed by atoms with Gasteiger partial charge < -0.3 is 0 Å². The van der Waals surface area contributed by atoms with Crippen LogP contribution in [0.3, 0.4) is 0 Å². The number of hydrogen-bond donors (Lipinski definition) is 1. The minimum Gasteiger partial charge on any atom is -0.267 e. The number of para-hydroxylation sites is 1. The van der Waals surface area contributed by atoms with Gasteiger partial charge in [-0.1, -0.05) is 66.2 Å². The van der Waals surface area contributed by atoms with E-state index in [9.17, 15) is 9.18 Å². The van der Waals surface area contributed by atoms with Crippen LogP contribution in [0.25, 0.3) is 22.2 Å². The van der Waals surface area contributed by atoms with Crippen LogP contribution in [0.15, 0.2) is 84.0 Å². The van der Waals surface area contributed by atoms with Crippen LogP contribution in [0.4, 0.5) is 4.39 Å². The molecule has 0 fully saturated rings. The summed E-state index contributed by atoms with van der Waals surface area (Å²) in [5, 5.41) is 5.12. The number of pyridine rings is 1. The zero-order valence-electron chi connectivity index (χ0n) is 15.1. The van der Waals surface area contributed by atoms with Crippen molar-refractivity contribution in [3.05, 3.63) is 101 Å². The Morgan fingerprint density at radius 2 is 1.72 bits per heavy atom. The number of fused-ring (bicyclic) bond motifs is 1. The molecule has 3 aromatic carbocycles. The molecule has 1 N–H and O–H groups in total. The van der Waals surface area contributed by atoms with Crippen molar-refractivity contribution in [1.29, 1.82) is 0 Å². The minimum atomic E-state index is -0.426. The van der Waals surface area contributed by atoms with E-state index in [1.165, 1.54) is 12.3 Å². The smallest absolute Gasteiger partial charge is 0.267 e. The fraction of sp³-hybridized carbons (Fsp3) is 0. The molecule has 0 spiro atoms. The Balaban J connectivity index is 1.71. The molecule has 0 radical (unpaired) electrons. The summed E-state index contributed by atoms with van der Waals surface area (Å²) in [6.45, 7) is 0. The van der Waals surface area contributed by atoms with Gasteiger partial charge in [0.15, 0.2) is 0 Å². The maximum Gasteiger partial charge on any atom is 0.272 e. The number of hydrogen-bond acceptors (Lipinski definition) is 3. The first kappa shape index (κ1) is 18.8. The Morgan fingerprint density at radius 1 is 1.00 bits per heavy atom. The molecule has 1 aromatic heterocycles. The quantitative estimate of drug-likeness (QED) is 0.363. The predicted molar refractivity (Wildman–Crippen MR) is 114 cm³/mol. The summed E-state index contributed by atoms with van der Waals surface area (Å²) in [5.74, 6) is -0.842. The van der Waals surface area contributed by atoms with Gasteiger partial charge in [-0.25, -0.2) is 14.8 Å². The van der Waals surface area contributed by atoms with Gasteiger partial charge >= 0.3 is 0 Å². The van der Waals surface area contributed by atoms with E-state index in [1.807, 2.05) is 42.5 Å². The van der Waals surface area contributed by atoms with Crippen LogP contribution >= 0.6 is 11.6 Å². The minimum absolute atomic E-state index is 0.282. The summed E-state index contributed by atoms with van der Waals surface area (Å²) in [6, 6.07) is 22.5. The first-order chi connectivity index (χ1) is 14.1. The van der Waals surface area contributed by atoms with E-state index in [2.05, 4.69) is 15.5 Å². The Bertz CT molecular complexity index is 1240. The number of nitrogens with one attached hydrogen (secondary N) is 1. The molecule has 0 aliphatic rings. The standard InChI is InChI=1S/C23H15ClFN3O/c24-19-10-4-2-9-17(19)22-13-18(16-8-3-6-12-21(16)27-22)23(29)28-26-14-15-7-1-5-11-20(15)25/h1-14H,(H,28,29)/b26-14+. The molecule has 4 aromatic rings. The lowest BCUT2D eigenvalue weighted by Crippen LogP contribution is -2.18. The summed E-state index contributed by atoms with van der Waals surface area (Å²) >= 11 is 6.31. The van der Waals surface area contributed by atoms with E-state index in [0.29, 0.717) is 27.2 Å². The second-order valence-corrected chi connectivity index (χ2v) is 6.68. The summed E-state index contributed by atoms with van der Waals surface area (Å²) in [4.78, 5) is 17.5. The zero-order valence-corrected chi connectivity index (χ0v) is 15.9. The lowest BCUT2D eigenvalue weighted by atomic mass is 10.0. The Kier molecular flexibility index (Phi) is 5.31. The average molecular weight is 404 g/mol. The third kappa shape index (κ3) is 4.00. The van der Waals surface area contributed by atoms with Crippen LogP contribution in [-0.2, 0) is 0 Å². The highest BCUT2D eigenvalue weighted by atomic mass is 35.5. The molecule has 29 heavy (non-hydrogen) atoms. The van der Waals surface area contributed by atoms with Crippen LogP contribution < -0.4 is 5.43 Å². The van der Waals surface area contributed by atoms with Gasteiger partial charge in [-0.3, -0.25) is 4.79 Å². The van der Waals surface area contributed by atoms with Crippen LogP contribution in [0.1, 0.15) is 15.9 Å². The third-order valence-corrected chi connectivity index (χ3v) is 4.72. The number of carbonyl (C=O) groups excluding carboxylic acids is 1. The number of hydrazone groups is 1. The van der Waals surface area contributed by atoms with E-state index >= 15 is 0 Å². The highest BCUT2D eigenvalue weighted by molar-refractivity contribution is 6.33. The van der Waals surface area contributed by atoms with E-state index in [4.69, 9.17) is 11.6 Å². The largest absolute Gasteiger partial charge is 0.272 e. The normalized spacial score (nSPS) is 11.1. The molecular weight excluding hydrogens is 389 g/mol. The van der Waals surface area contributed by atoms with Gasteiger partial charge in [0.1, 0.15) is 5.82 Å². The van der Waals surface area contributed by atoms with Crippen LogP contribution in [0.2, 0.25) is 5.02 Å². The maximum atomic E-state index is 13.7. The monoisotopic (exact) mass is 403 g/mol. The highest BCUT2D eigenvalue weighted by Crippen LogP contribution is 2.29. The highest BCUT2D eigenvalue weighted by Gasteiger charge is 2.14. The second kappa shape index (κ2) is 8.20. The first-order valence-electron chi connectivity index (χ1n) is 8.86. The fourth-order valence-electron chi connectivity index (χ4n) is 2.97. The zero-order chi connectivity index (χ0) is 20.2. The number of rotatable bonds is 4. The van der Waals surface area contributed by atoms with E-state index in [1.54, 1.807) is 30.3 Å². The average Bonchev–Trinajstić information content (AvgIpc) is 2.74. The van der Waals surface area contributed by atoms with Gasteiger partial charge in [0.25, 0.3) is 5.91 Å². The van der Waals surface area contributed by atoms with Gasteiger partial charge in [0.2, 0.25) is 0 Å². The maximum absolute atomic E-state index is 13.7. The fourth-order valence-corrected chi connectivity index (χ4v) is 3.20. The number of amides is 1. The van der Waals surface area contributed by atoms with Crippen LogP contribution in [-0.4, -0.2) is 17.1 Å². The topological polar surface area (TPSA) is 54.4 Å². The molecule has 0 aliphatic carbocycles. The molecule has 0 atom stereocenters. The molecule has 6 heteroatoms. The number of carbonyl (C=O) groups is 1. The van der Waals surface area contributed by atoms with Crippen molar-refractivity contribution in [2.45, 2.75) is 0 Å². The number of nitrogens with zero attached hydrogens (tertiary/aromatic N) is 2. The van der Waals surface area contributed by atoms with Crippen molar-refractivity contribution in [2.24, 2.45) is 5.10 Å². The molecule has 4 nitrogen and oxygen atoms in total.